The van der Waals surface area contributed by atoms with Crippen LogP contribution in [0.4, 0.5) is 5.82 Å². The number of nitrogens with one attached hydrogen (secondary N) is 2. The lowest BCUT2D eigenvalue weighted by molar-refractivity contribution is 0.346. The number of aromatic nitrogens is 4. The van der Waals surface area contributed by atoms with Crippen molar-refractivity contribution in [1.29, 1.82) is 0 Å². The molecule has 6 heteroatoms. The first-order valence-electron chi connectivity index (χ1n) is 6.89. The summed E-state index contributed by atoms with van der Waals surface area (Å²) in [7, 11) is 0. The second-order valence-corrected chi connectivity index (χ2v) is 5.26. The van der Waals surface area contributed by atoms with Crippen LogP contribution >= 0.6 is 0 Å². The van der Waals surface area contributed by atoms with Crippen LogP contribution < -0.4 is 10.6 Å². The lowest BCUT2D eigenvalue weighted by atomic mass is 9.93. The second kappa shape index (κ2) is 5.13. The maximum Gasteiger partial charge on any atom is 0.203 e. The molecule has 2 unspecified atom stereocenters. The number of rotatable bonds is 3. The van der Waals surface area contributed by atoms with Crippen LogP contribution in [0.1, 0.15) is 25.6 Å². The molecule has 2 aromatic rings. The van der Waals surface area contributed by atoms with Gasteiger partial charge >= 0.3 is 0 Å². The zero-order valence-electron chi connectivity index (χ0n) is 11.4. The van der Waals surface area contributed by atoms with Gasteiger partial charge < -0.3 is 10.6 Å². The normalized spacial score (nSPS) is 21.5. The molecule has 19 heavy (non-hydrogen) atoms. The predicted molar refractivity (Wildman–Crippen MR) is 74.2 cm³/mol. The molecule has 0 amide bonds. The molecule has 0 aromatic carbocycles. The minimum absolute atomic E-state index is 0.378. The molecule has 1 fully saturated rings. The van der Waals surface area contributed by atoms with E-state index in [4.69, 9.17) is 0 Å². The highest BCUT2D eigenvalue weighted by atomic mass is 15.3. The second-order valence-electron chi connectivity index (χ2n) is 5.26. The van der Waals surface area contributed by atoms with Crippen molar-refractivity contribution in [2.24, 2.45) is 5.92 Å². The SMILES string of the molecule is Cc1nnc2c(NC(C)C3CCCNC3)nccn12. The van der Waals surface area contributed by atoms with Crippen molar-refractivity contribution in [2.75, 3.05) is 18.4 Å². The average Bonchev–Trinajstić information content (AvgIpc) is 2.83. The molecule has 3 heterocycles. The molecule has 6 nitrogen and oxygen atoms in total. The molecule has 1 saturated heterocycles. The molecule has 3 rings (SSSR count). The van der Waals surface area contributed by atoms with E-state index in [2.05, 4.69) is 32.7 Å². The topological polar surface area (TPSA) is 67.1 Å². The molecule has 2 N–H and O–H groups in total. The minimum atomic E-state index is 0.378. The molecular formula is C13H20N6. The molecule has 1 aliphatic rings. The Morgan fingerprint density at radius 3 is 3.16 bits per heavy atom. The fourth-order valence-electron chi connectivity index (χ4n) is 2.68. The third-order valence-electron chi connectivity index (χ3n) is 3.90. The molecule has 1 aliphatic heterocycles. The summed E-state index contributed by atoms with van der Waals surface area (Å²) in [6.45, 7) is 6.37. The van der Waals surface area contributed by atoms with Gasteiger partial charge in [-0.25, -0.2) is 4.98 Å². The largest absolute Gasteiger partial charge is 0.364 e. The summed E-state index contributed by atoms with van der Waals surface area (Å²) >= 11 is 0. The summed E-state index contributed by atoms with van der Waals surface area (Å²) in [6, 6.07) is 0.378. The van der Waals surface area contributed by atoms with Gasteiger partial charge in [-0.3, -0.25) is 4.40 Å². The van der Waals surface area contributed by atoms with Crippen LogP contribution in [-0.2, 0) is 0 Å². The zero-order chi connectivity index (χ0) is 13.2. The van der Waals surface area contributed by atoms with Gasteiger partial charge in [0.25, 0.3) is 0 Å². The number of piperidine rings is 1. The number of anilines is 1. The molecule has 2 aromatic heterocycles. The van der Waals surface area contributed by atoms with E-state index in [0.717, 1.165) is 30.4 Å². The van der Waals surface area contributed by atoms with E-state index in [1.807, 2.05) is 17.5 Å². The van der Waals surface area contributed by atoms with E-state index in [0.29, 0.717) is 12.0 Å². The van der Waals surface area contributed by atoms with Crippen molar-refractivity contribution < 1.29 is 0 Å². The highest BCUT2D eigenvalue weighted by Crippen LogP contribution is 2.19. The number of hydrogen-bond donors (Lipinski definition) is 2. The zero-order valence-corrected chi connectivity index (χ0v) is 11.4. The Morgan fingerprint density at radius 1 is 1.47 bits per heavy atom. The van der Waals surface area contributed by atoms with Crippen LogP contribution in [0, 0.1) is 12.8 Å². The van der Waals surface area contributed by atoms with Crippen LogP contribution in [0.2, 0.25) is 0 Å². The Kier molecular flexibility index (Phi) is 3.33. The standard InChI is InChI=1S/C13H20N6/c1-9(11-4-3-5-14-8-11)16-12-13-18-17-10(2)19(13)7-6-15-12/h6-7,9,11,14H,3-5,8H2,1-2H3,(H,15,16). The van der Waals surface area contributed by atoms with Gasteiger partial charge in [-0.2, -0.15) is 0 Å². The quantitative estimate of drug-likeness (QED) is 0.869. The predicted octanol–water partition coefficient (Wildman–Crippen LogP) is 1.23. The molecular weight excluding hydrogens is 240 g/mol. The molecule has 0 radical (unpaired) electrons. The molecule has 0 bridgehead atoms. The number of fused-ring (bicyclic) bond motifs is 1. The highest BCUT2D eigenvalue weighted by molar-refractivity contribution is 5.62. The third-order valence-corrected chi connectivity index (χ3v) is 3.90. The van der Waals surface area contributed by atoms with Crippen molar-refractivity contribution in [3.8, 4) is 0 Å². The summed E-state index contributed by atoms with van der Waals surface area (Å²) in [4.78, 5) is 4.40. The highest BCUT2D eigenvalue weighted by Gasteiger charge is 2.21. The van der Waals surface area contributed by atoms with E-state index in [1.54, 1.807) is 6.20 Å². The Hall–Kier alpha value is -1.69. The van der Waals surface area contributed by atoms with Crippen LogP contribution in [-0.4, -0.2) is 38.7 Å². The van der Waals surface area contributed by atoms with Gasteiger partial charge in [0.05, 0.1) is 0 Å². The number of hydrogen-bond acceptors (Lipinski definition) is 5. The average molecular weight is 260 g/mol. The Labute approximate surface area is 112 Å². The Balaban J connectivity index is 1.80. The molecule has 0 spiro atoms. The first-order chi connectivity index (χ1) is 9.25. The van der Waals surface area contributed by atoms with Gasteiger partial charge in [-0.15, -0.1) is 10.2 Å². The van der Waals surface area contributed by atoms with E-state index >= 15 is 0 Å². The van der Waals surface area contributed by atoms with Crippen molar-refractivity contribution in [2.45, 2.75) is 32.7 Å². The smallest absolute Gasteiger partial charge is 0.203 e. The maximum absolute atomic E-state index is 4.40. The third kappa shape index (κ3) is 2.40. The summed E-state index contributed by atoms with van der Waals surface area (Å²) < 4.78 is 1.96. The molecule has 0 saturated carbocycles. The Morgan fingerprint density at radius 2 is 2.37 bits per heavy atom. The molecule has 2 atom stereocenters. The fourth-order valence-corrected chi connectivity index (χ4v) is 2.68. The van der Waals surface area contributed by atoms with Crippen molar-refractivity contribution in [3.63, 3.8) is 0 Å². The monoisotopic (exact) mass is 260 g/mol. The molecule has 0 aliphatic carbocycles. The van der Waals surface area contributed by atoms with Crippen molar-refractivity contribution in [1.82, 2.24) is 24.9 Å². The van der Waals surface area contributed by atoms with Crippen LogP contribution in [0.3, 0.4) is 0 Å². The van der Waals surface area contributed by atoms with Crippen molar-refractivity contribution in [3.05, 3.63) is 18.2 Å². The maximum atomic E-state index is 4.40. The van der Waals surface area contributed by atoms with Gasteiger partial charge in [-0.1, -0.05) is 0 Å². The van der Waals surface area contributed by atoms with Crippen LogP contribution in [0.5, 0.6) is 0 Å². The van der Waals surface area contributed by atoms with E-state index < -0.39 is 0 Å². The molecule has 102 valence electrons. The van der Waals surface area contributed by atoms with Crippen LogP contribution in [0.25, 0.3) is 5.65 Å². The fraction of sp³-hybridized carbons (Fsp3) is 0.615. The summed E-state index contributed by atoms with van der Waals surface area (Å²) in [6.07, 6.45) is 6.19. The lowest BCUT2D eigenvalue weighted by Crippen LogP contribution is -2.39. The van der Waals surface area contributed by atoms with E-state index in [-0.39, 0.29) is 0 Å². The lowest BCUT2D eigenvalue weighted by Gasteiger charge is -2.29. The van der Waals surface area contributed by atoms with Gasteiger partial charge in [0.15, 0.2) is 5.82 Å². The van der Waals surface area contributed by atoms with Gasteiger partial charge in [0, 0.05) is 18.4 Å². The summed E-state index contributed by atoms with van der Waals surface area (Å²) in [5, 5.41) is 15.2. The van der Waals surface area contributed by atoms with Gasteiger partial charge in [0.1, 0.15) is 5.82 Å². The van der Waals surface area contributed by atoms with Crippen LogP contribution in [0.15, 0.2) is 12.4 Å². The van der Waals surface area contributed by atoms with Gasteiger partial charge in [0.2, 0.25) is 5.65 Å². The number of aryl methyl sites for hydroxylation is 1. The van der Waals surface area contributed by atoms with Crippen molar-refractivity contribution >= 4 is 11.5 Å². The minimum Gasteiger partial charge on any atom is -0.364 e. The first-order valence-corrected chi connectivity index (χ1v) is 6.89. The summed E-state index contributed by atoms with van der Waals surface area (Å²) in [5.74, 6) is 2.34. The number of nitrogens with zero attached hydrogens (tertiary/aromatic N) is 4. The summed E-state index contributed by atoms with van der Waals surface area (Å²) in [5.41, 5.74) is 0.801. The van der Waals surface area contributed by atoms with E-state index in [1.165, 1.54) is 12.8 Å². The van der Waals surface area contributed by atoms with Gasteiger partial charge in [-0.05, 0) is 45.7 Å². The van der Waals surface area contributed by atoms with E-state index in [9.17, 15) is 0 Å². The first kappa shape index (κ1) is 12.3. The Bertz CT molecular complexity index is 557.